The van der Waals surface area contributed by atoms with Crippen LogP contribution >= 0.6 is 0 Å². The Balaban J connectivity index is 0.000000336. The van der Waals surface area contributed by atoms with Crippen LogP contribution in [0.15, 0.2) is 0 Å². The quantitative estimate of drug-likeness (QED) is 0.763. The van der Waals surface area contributed by atoms with Gasteiger partial charge in [0.2, 0.25) is 0 Å². The lowest BCUT2D eigenvalue weighted by atomic mass is 10.1. The van der Waals surface area contributed by atoms with Crippen LogP contribution in [0.1, 0.15) is 33.6 Å². The first-order valence-corrected chi connectivity index (χ1v) is 5.41. The van der Waals surface area contributed by atoms with Crippen LogP contribution < -0.4 is 0 Å². The van der Waals surface area contributed by atoms with E-state index in [1.54, 1.807) is 35.0 Å². The summed E-state index contributed by atoms with van der Waals surface area (Å²) < 4.78 is 5.20. The molecule has 0 bridgehead atoms. The summed E-state index contributed by atoms with van der Waals surface area (Å²) in [6.07, 6.45) is 2.63. The van der Waals surface area contributed by atoms with Crippen LogP contribution in [0.4, 0.5) is 0 Å². The summed E-state index contributed by atoms with van der Waals surface area (Å²) in [6, 6.07) is 0. The molecule has 0 radical (unpaired) electrons. The highest BCUT2D eigenvalue weighted by molar-refractivity contribution is 4.66. The molecule has 0 spiro atoms. The van der Waals surface area contributed by atoms with Crippen molar-refractivity contribution in [3.63, 3.8) is 0 Å². The average Bonchev–Trinajstić information content (AvgIpc) is 2.15. The number of nitrogens with zero attached hydrogens (tertiary/aromatic N) is 1. The van der Waals surface area contributed by atoms with Crippen molar-refractivity contribution < 1.29 is 14.7 Å². The molecule has 1 heterocycles. The standard InChI is InChI=1S/C7H15NO2.C4H10O/c1-9-7-3-5-8(10-2)6-4-7;1-4(2,3)5/h7H,3-6H2,1-2H3;5H,1-3H3. The largest absolute Gasteiger partial charge is 0.391 e. The number of ether oxygens (including phenoxy) is 1. The summed E-state index contributed by atoms with van der Waals surface area (Å²) in [5, 5.41) is 10.5. The first kappa shape index (κ1) is 14.8. The Bertz CT molecular complexity index is 130. The molecule has 1 aliphatic rings. The van der Waals surface area contributed by atoms with Crippen molar-refractivity contribution in [1.82, 2.24) is 5.06 Å². The Hall–Kier alpha value is -0.160. The zero-order valence-electron chi connectivity index (χ0n) is 10.6. The molecule has 0 aliphatic carbocycles. The lowest BCUT2D eigenvalue weighted by Crippen LogP contribution is -2.35. The molecule has 0 atom stereocenters. The number of piperidine rings is 1. The van der Waals surface area contributed by atoms with Crippen molar-refractivity contribution in [3.05, 3.63) is 0 Å². The first-order chi connectivity index (χ1) is 6.86. The summed E-state index contributed by atoms with van der Waals surface area (Å²) in [5.41, 5.74) is -0.500. The van der Waals surface area contributed by atoms with E-state index < -0.39 is 5.60 Å². The van der Waals surface area contributed by atoms with Crippen LogP contribution in [0.5, 0.6) is 0 Å². The van der Waals surface area contributed by atoms with Gasteiger partial charge in [0, 0.05) is 20.2 Å². The predicted molar refractivity (Wildman–Crippen MR) is 60.6 cm³/mol. The SMILES string of the molecule is CC(C)(C)O.COC1CCN(OC)CC1. The van der Waals surface area contributed by atoms with Crippen molar-refractivity contribution in [2.45, 2.75) is 45.3 Å². The molecule has 1 rings (SSSR count). The molecule has 0 aromatic heterocycles. The molecule has 15 heavy (non-hydrogen) atoms. The van der Waals surface area contributed by atoms with Crippen LogP contribution in [-0.4, -0.2) is 49.2 Å². The maximum atomic E-state index is 8.52. The number of hydroxylamine groups is 2. The number of hydrogen-bond acceptors (Lipinski definition) is 4. The van der Waals surface area contributed by atoms with Crippen molar-refractivity contribution in [2.75, 3.05) is 27.3 Å². The summed E-state index contributed by atoms with van der Waals surface area (Å²) in [4.78, 5) is 5.06. The summed E-state index contributed by atoms with van der Waals surface area (Å²) in [7, 11) is 3.49. The first-order valence-electron chi connectivity index (χ1n) is 5.41. The Morgan fingerprint density at radius 2 is 1.53 bits per heavy atom. The lowest BCUT2D eigenvalue weighted by molar-refractivity contribution is -0.157. The molecule has 1 aliphatic heterocycles. The average molecular weight is 219 g/mol. The molecular formula is C11H25NO3. The molecule has 4 heteroatoms. The third-order valence-electron chi connectivity index (χ3n) is 1.99. The summed E-state index contributed by atoms with van der Waals surface area (Å²) in [6.45, 7) is 7.22. The fourth-order valence-electron chi connectivity index (χ4n) is 1.25. The number of methoxy groups -OCH3 is 1. The van der Waals surface area contributed by atoms with Gasteiger partial charge in [0.1, 0.15) is 0 Å². The van der Waals surface area contributed by atoms with Gasteiger partial charge in [-0.25, -0.2) is 0 Å². The molecule has 0 aromatic carbocycles. The minimum Gasteiger partial charge on any atom is -0.391 e. The maximum absolute atomic E-state index is 8.52. The Kier molecular flexibility index (Phi) is 7.09. The number of aliphatic hydroxyl groups is 1. The third-order valence-corrected chi connectivity index (χ3v) is 1.99. The van der Waals surface area contributed by atoms with Crippen LogP contribution in [0.2, 0.25) is 0 Å². The van der Waals surface area contributed by atoms with Crippen molar-refractivity contribution >= 4 is 0 Å². The molecule has 0 amide bonds. The van der Waals surface area contributed by atoms with E-state index in [1.165, 1.54) is 0 Å². The zero-order chi connectivity index (χ0) is 11.9. The summed E-state index contributed by atoms with van der Waals surface area (Å²) >= 11 is 0. The monoisotopic (exact) mass is 219 g/mol. The minimum atomic E-state index is -0.500. The van der Waals surface area contributed by atoms with Gasteiger partial charge in [-0.1, -0.05) is 0 Å². The van der Waals surface area contributed by atoms with Crippen molar-refractivity contribution in [2.24, 2.45) is 0 Å². The smallest absolute Gasteiger partial charge is 0.0597 e. The van der Waals surface area contributed by atoms with E-state index in [1.807, 2.05) is 5.06 Å². The van der Waals surface area contributed by atoms with Gasteiger partial charge in [0.05, 0.1) is 18.8 Å². The van der Waals surface area contributed by atoms with Gasteiger partial charge in [0.25, 0.3) is 0 Å². The van der Waals surface area contributed by atoms with Gasteiger partial charge < -0.3 is 14.7 Å². The minimum absolute atomic E-state index is 0.450. The molecular weight excluding hydrogens is 194 g/mol. The second-order valence-corrected chi connectivity index (χ2v) is 4.72. The van der Waals surface area contributed by atoms with Gasteiger partial charge in [0.15, 0.2) is 0 Å². The molecule has 0 saturated carbocycles. The van der Waals surface area contributed by atoms with E-state index >= 15 is 0 Å². The van der Waals surface area contributed by atoms with Crippen LogP contribution in [0.25, 0.3) is 0 Å². The molecule has 92 valence electrons. The molecule has 1 N–H and O–H groups in total. The van der Waals surface area contributed by atoms with E-state index in [2.05, 4.69) is 0 Å². The Morgan fingerprint density at radius 1 is 1.13 bits per heavy atom. The van der Waals surface area contributed by atoms with Crippen molar-refractivity contribution in [1.29, 1.82) is 0 Å². The topological polar surface area (TPSA) is 41.9 Å². The summed E-state index contributed by atoms with van der Waals surface area (Å²) in [5.74, 6) is 0. The fraction of sp³-hybridized carbons (Fsp3) is 1.00. The second kappa shape index (κ2) is 7.17. The van der Waals surface area contributed by atoms with E-state index in [9.17, 15) is 0 Å². The highest BCUT2D eigenvalue weighted by atomic mass is 16.7. The van der Waals surface area contributed by atoms with E-state index in [0.29, 0.717) is 6.10 Å². The molecule has 0 aromatic rings. The maximum Gasteiger partial charge on any atom is 0.0597 e. The van der Waals surface area contributed by atoms with E-state index in [-0.39, 0.29) is 0 Å². The van der Waals surface area contributed by atoms with Crippen LogP contribution in [0.3, 0.4) is 0 Å². The van der Waals surface area contributed by atoms with E-state index in [4.69, 9.17) is 14.7 Å². The fourth-order valence-corrected chi connectivity index (χ4v) is 1.25. The number of hydrogen-bond donors (Lipinski definition) is 1. The molecule has 1 fully saturated rings. The normalized spacial score (nSPS) is 19.6. The molecule has 4 nitrogen and oxygen atoms in total. The highest BCUT2D eigenvalue weighted by Crippen LogP contribution is 2.11. The van der Waals surface area contributed by atoms with E-state index in [0.717, 1.165) is 25.9 Å². The van der Waals surface area contributed by atoms with Crippen molar-refractivity contribution in [3.8, 4) is 0 Å². The van der Waals surface area contributed by atoms with Crippen LogP contribution in [0, 0.1) is 0 Å². The molecule has 1 saturated heterocycles. The third kappa shape index (κ3) is 10.1. The van der Waals surface area contributed by atoms with Gasteiger partial charge in [-0.05, 0) is 33.6 Å². The zero-order valence-corrected chi connectivity index (χ0v) is 10.6. The van der Waals surface area contributed by atoms with Gasteiger partial charge >= 0.3 is 0 Å². The van der Waals surface area contributed by atoms with Gasteiger partial charge in [-0.15, -0.1) is 0 Å². The Labute approximate surface area is 93.1 Å². The number of rotatable bonds is 2. The Morgan fingerprint density at radius 3 is 1.80 bits per heavy atom. The highest BCUT2D eigenvalue weighted by Gasteiger charge is 2.17. The van der Waals surface area contributed by atoms with Gasteiger partial charge in [-0.3, -0.25) is 0 Å². The lowest BCUT2D eigenvalue weighted by Gasteiger charge is -2.28. The second-order valence-electron chi connectivity index (χ2n) is 4.72. The van der Waals surface area contributed by atoms with Gasteiger partial charge in [-0.2, -0.15) is 5.06 Å². The molecule has 0 unspecified atom stereocenters. The van der Waals surface area contributed by atoms with Crippen LogP contribution in [-0.2, 0) is 9.57 Å². The predicted octanol–water partition coefficient (Wildman–Crippen LogP) is 1.44.